The van der Waals surface area contributed by atoms with Crippen LogP contribution in [0.2, 0.25) is 0 Å². The molecule has 15 heavy (non-hydrogen) atoms. The average Bonchev–Trinajstić information content (AvgIpc) is 2.26. The number of rotatable bonds is 4. The highest BCUT2D eigenvalue weighted by molar-refractivity contribution is 7.80. The predicted molar refractivity (Wildman–Crippen MR) is 60.5 cm³/mol. The van der Waals surface area contributed by atoms with Crippen LogP contribution in [0.3, 0.4) is 0 Å². The van der Waals surface area contributed by atoms with Crippen molar-refractivity contribution in [2.24, 2.45) is 5.73 Å². The Hall–Kier alpha value is -1.75. The number of thiocarbonyl (C=S) groups is 1. The monoisotopic (exact) mass is 222 g/mol. The van der Waals surface area contributed by atoms with Gasteiger partial charge in [0.05, 0.1) is 0 Å². The normalized spacial score (nSPS) is 11.5. The molecular formula is C10H10N2O2S. The Morgan fingerprint density at radius 2 is 2.00 bits per heavy atom. The molecule has 0 aliphatic heterocycles. The lowest BCUT2D eigenvalue weighted by Gasteiger charge is -2.10. The molecule has 0 aliphatic carbocycles. The van der Waals surface area contributed by atoms with E-state index < -0.39 is 6.04 Å². The highest BCUT2D eigenvalue weighted by Crippen LogP contribution is 2.02. The number of hydrogen-bond donors (Lipinski definition) is 2. The van der Waals surface area contributed by atoms with Crippen LogP contribution in [-0.4, -0.2) is 23.2 Å². The minimum absolute atomic E-state index is 0.0728. The minimum atomic E-state index is -1.01. The number of ketones is 1. The van der Waals surface area contributed by atoms with Gasteiger partial charge in [-0.3, -0.25) is 4.79 Å². The molecule has 1 unspecified atom stereocenters. The summed E-state index contributed by atoms with van der Waals surface area (Å²) in [6.45, 7) is 0. The molecule has 3 N–H and O–H groups in total. The first-order valence-electron chi connectivity index (χ1n) is 4.25. The van der Waals surface area contributed by atoms with Crippen LogP contribution in [0.1, 0.15) is 10.4 Å². The standard InChI is InChI=1S/C10H10N2O2S/c11-10(15)12-8(6-13)9(14)7-4-2-1-3-5-7/h1-6,8H,(H3,11,12,15). The number of hydrogen-bond acceptors (Lipinski definition) is 3. The zero-order valence-corrected chi connectivity index (χ0v) is 8.66. The van der Waals surface area contributed by atoms with Crippen LogP contribution in [-0.2, 0) is 4.79 Å². The van der Waals surface area contributed by atoms with Crippen LogP contribution in [0.5, 0.6) is 0 Å². The van der Waals surface area contributed by atoms with Crippen molar-refractivity contribution in [2.75, 3.05) is 0 Å². The van der Waals surface area contributed by atoms with Gasteiger partial charge in [0.25, 0.3) is 0 Å². The molecule has 0 radical (unpaired) electrons. The van der Waals surface area contributed by atoms with Crippen molar-refractivity contribution in [3.05, 3.63) is 35.9 Å². The van der Waals surface area contributed by atoms with Gasteiger partial charge in [-0.2, -0.15) is 0 Å². The fourth-order valence-corrected chi connectivity index (χ4v) is 1.22. The molecule has 1 aromatic rings. The highest BCUT2D eigenvalue weighted by Gasteiger charge is 2.18. The first-order valence-corrected chi connectivity index (χ1v) is 4.66. The van der Waals surface area contributed by atoms with Gasteiger partial charge in [0.15, 0.2) is 10.9 Å². The molecule has 0 spiro atoms. The molecule has 0 aliphatic rings. The lowest BCUT2D eigenvalue weighted by atomic mass is 10.1. The maximum absolute atomic E-state index is 11.7. The molecule has 1 atom stereocenters. The third-order valence-corrected chi connectivity index (χ3v) is 1.89. The summed E-state index contributed by atoms with van der Waals surface area (Å²) in [5.41, 5.74) is 5.64. The maximum Gasteiger partial charge on any atom is 0.192 e. The van der Waals surface area contributed by atoms with E-state index in [1.54, 1.807) is 30.3 Å². The van der Waals surface area contributed by atoms with Crippen molar-refractivity contribution in [3.8, 4) is 0 Å². The molecular weight excluding hydrogens is 212 g/mol. The summed E-state index contributed by atoms with van der Waals surface area (Å²) in [6, 6.07) is 7.46. The highest BCUT2D eigenvalue weighted by atomic mass is 32.1. The van der Waals surface area contributed by atoms with E-state index in [4.69, 9.17) is 5.73 Å². The second-order valence-electron chi connectivity index (χ2n) is 2.85. The minimum Gasteiger partial charge on any atom is -0.376 e. The van der Waals surface area contributed by atoms with Crippen molar-refractivity contribution in [2.45, 2.75) is 6.04 Å². The van der Waals surface area contributed by atoms with E-state index in [1.165, 1.54) is 0 Å². The molecule has 0 saturated heterocycles. The first-order chi connectivity index (χ1) is 7.15. The summed E-state index contributed by atoms with van der Waals surface area (Å²) < 4.78 is 0. The Morgan fingerprint density at radius 1 is 1.40 bits per heavy atom. The van der Waals surface area contributed by atoms with Crippen LogP contribution in [0.4, 0.5) is 0 Å². The van der Waals surface area contributed by atoms with E-state index in [2.05, 4.69) is 17.5 Å². The third-order valence-electron chi connectivity index (χ3n) is 1.77. The van der Waals surface area contributed by atoms with Gasteiger partial charge in [-0.15, -0.1) is 0 Å². The van der Waals surface area contributed by atoms with Gasteiger partial charge in [-0.1, -0.05) is 30.3 Å². The fourth-order valence-electron chi connectivity index (χ4n) is 1.10. The Bertz CT molecular complexity index is 378. The summed E-state index contributed by atoms with van der Waals surface area (Å²) in [5, 5.41) is 2.35. The van der Waals surface area contributed by atoms with Crippen LogP contribution >= 0.6 is 12.2 Å². The number of aldehydes is 1. The molecule has 0 aromatic heterocycles. The SMILES string of the molecule is NC(=S)NC(C=O)C(=O)c1ccccc1. The van der Waals surface area contributed by atoms with Gasteiger partial charge in [-0.05, 0) is 12.2 Å². The van der Waals surface area contributed by atoms with E-state index in [0.717, 1.165) is 0 Å². The van der Waals surface area contributed by atoms with E-state index in [-0.39, 0.29) is 10.9 Å². The fraction of sp³-hybridized carbons (Fsp3) is 0.100. The van der Waals surface area contributed by atoms with Gasteiger partial charge in [-0.25, -0.2) is 0 Å². The van der Waals surface area contributed by atoms with Gasteiger partial charge >= 0.3 is 0 Å². The van der Waals surface area contributed by atoms with Crippen molar-refractivity contribution >= 4 is 29.4 Å². The number of carbonyl (C=O) groups excluding carboxylic acids is 2. The molecule has 1 aromatic carbocycles. The number of Topliss-reactive ketones (excluding diaryl/α,β-unsaturated/α-hetero) is 1. The molecule has 0 heterocycles. The summed E-state index contributed by atoms with van der Waals surface area (Å²) >= 11 is 4.56. The Labute approximate surface area is 92.5 Å². The molecule has 78 valence electrons. The largest absolute Gasteiger partial charge is 0.376 e. The van der Waals surface area contributed by atoms with E-state index in [0.29, 0.717) is 11.8 Å². The number of nitrogens with one attached hydrogen (secondary N) is 1. The summed E-state index contributed by atoms with van der Waals surface area (Å²) in [4.78, 5) is 22.4. The molecule has 1 rings (SSSR count). The molecule has 0 amide bonds. The van der Waals surface area contributed by atoms with Gasteiger partial charge in [0.1, 0.15) is 12.3 Å². The second-order valence-corrected chi connectivity index (χ2v) is 3.29. The summed E-state index contributed by atoms with van der Waals surface area (Å²) in [5.74, 6) is -0.349. The summed E-state index contributed by atoms with van der Waals surface area (Å²) in [7, 11) is 0. The lowest BCUT2D eigenvalue weighted by molar-refractivity contribution is -0.108. The number of nitrogens with two attached hydrogens (primary N) is 1. The Kier molecular flexibility index (Phi) is 3.93. The van der Waals surface area contributed by atoms with Crippen LogP contribution < -0.4 is 11.1 Å². The van der Waals surface area contributed by atoms with Crippen molar-refractivity contribution in [3.63, 3.8) is 0 Å². The zero-order valence-electron chi connectivity index (χ0n) is 7.84. The zero-order chi connectivity index (χ0) is 11.3. The quantitative estimate of drug-likeness (QED) is 0.331. The topological polar surface area (TPSA) is 72.2 Å². The van der Waals surface area contributed by atoms with Crippen molar-refractivity contribution in [1.82, 2.24) is 5.32 Å². The van der Waals surface area contributed by atoms with Crippen LogP contribution in [0, 0.1) is 0 Å². The van der Waals surface area contributed by atoms with Gasteiger partial charge in [0, 0.05) is 5.56 Å². The van der Waals surface area contributed by atoms with Gasteiger partial charge in [0.2, 0.25) is 0 Å². The van der Waals surface area contributed by atoms with E-state index in [1.807, 2.05) is 0 Å². The maximum atomic E-state index is 11.7. The van der Waals surface area contributed by atoms with Crippen molar-refractivity contribution in [1.29, 1.82) is 0 Å². The molecule has 5 heteroatoms. The average molecular weight is 222 g/mol. The van der Waals surface area contributed by atoms with Crippen LogP contribution in [0.15, 0.2) is 30.3 Å². The molecule has 0 bridgehead atoms. The van der Waals surface area contributed by atoms with E-state index in [9.17, 15) is 9.59 Å². The summed E-state index contributed by atoms with van der Waals surface area (Å²) in [6.07, 6.45) is 0.481. The first kappa shape index (κ1) is 11.3. The Morgan fingerprint density at radius 3 is 2.47 bits per heavy atom. The third kappa shape index (κ3) is 3.14. The lowest BCUT2D eigenvalue weighted by Crippen LogP contribution is -2.44. The van der Waals surface area contributed by atoms with Crippen molar-refractivity contribution < 1.29 is 9.59 Å². The predicted octanol–water partition coefficient (Wildman–Crippen LogP) is 0.270. The smallest absolute Gasteiger partial charge is 0.192 e. The number of carbonyl (C=O) groups is 2. The molecule has 0 saturated carbocycles. The van der Waals surface area contributed by atoms with Crippen LogP contribution in [0.25, 0.3) is 0 Å². The van der Waals surface area contributed by atoms with E-state index >= 15 is 0 Å². The Balaban J connectivity index is 2.82. The number of benzene rings is 1. The second kappa shape index (κ2) is 5.21. The van der Waals surface area contributed by atoms with Gasteiger partial charge < -0.3 is 15.8 Å². The molecule has 4 nitrogen and oxygen atoms in total. The molecule has 0 fully saturated rings.